The quantitative estimate of drug-likeness (QED) is 0.251. The van der Waals surface area contributed by atoms with Gasteiger partial charge in [0.05, 0.1) is 23.4 Å². The molecule has 0 heterocycles. The van der Waals surface area contributed by atoms with Crippen molar-refractivity contribution in [3.05, 3.63) is 45.7 Å². The molecule has 0 spiro atoms. The number of carbonyl (C=O) groups excluding carboxylic acids is 4. The van der Waals surface area contributed by atoms with E-state index < -0.39 is 87.4 Å². The van der Waals surface area contributed by atoms with Crippen LogP contribution in [0.1, 0.15) is 82.4 Å². The predicted octanol–water partition coefficient (Wildman–Crippen LogP) is 2.92. The monoisotopic (exact) mass is 610 g/mol. The van der Waals surface area contributed by atoms with E-state index in [-0.39, 0.29) is 16.9 Å². The number of likely N-dealkylation sites (N-methyl/N-ethyl adjacent to an activating group) is 1. The number of aliphatic hydroxyl groups excluding tert-OH is 2. The number of hydrogen-bond acceptors (Lipinski definition) is 10. The molecule has 2 saturated carbocycles. The first-order chi connectivity index (χ1) is 20.5. The van der Waals surface area contributed by atoms with Gasteiger partial charge in [-0.3, -0.25) is 24.1 Å². The summed E-state index contributed by atoms with van der Waals surface area (Å²) in [4.78, 5) is 55.7. The molecule has 5 rings (SSSR count). The van der Waals surface area contributed by atoms with Crippen molar-refractivity contribution in [3.63, 3.8) is 0 Å². The second kappa shape index (κ2) is 10.7. The van der Waals surface area contributed by atoms with E-state index in [9.17, 15) is 39.6 Å². The van der Waals surface area contributed by atoms with Gasteiger partial charge in [-0.15, -0.1) is 0 Å². The zero-order valence-corrected chi connectivity index (χ0v) is 26.0. The molecule has 2 fully saturated rings. The molecule has 0 radical (unpaired) electrons. The lowest BCUT2D eigenvalue weighted by atomic mass is 9.54. The van der Waals surface area contributed by atoms with Crippen LogP contribution in [0.5, 0.6) is 5.75 Å². The number of phenolic OH excluding ortho intramolecular Hbond substituents is 1. The van der Waals surface area contributed by atoms with Gasteiger partial charge >= 0.3 is 5.97 Å². The van der Waals surface area contributed by atoms with E-state index in [1.807, 2.05) is 20.8 Å². The summed E-state index contributed by atoms with van der Waals surface area (Å²) in [5.74, 6) is -9.83. The number of amides is 1. The lowest BCUT2D eigenvalue weighted by Crippen LogP contribution is -2.71. The number of aliphatic hydroxyl groups is 3. The molecule has 0 unspecified atom stereocenters. The molecule has 44 heavy (non-hydrogen) atoms. The Kier molecular flexibility index (Phi) is 7.73. The summed E-state index contributed by atoms with van der Waals surface area (Å²) in [6.07, 6.45) is 2.42. The van der Waals surface area contributed by atoms with Crippen molar-refractivity contribution in [2.75, 3.05) is 14.1 Å². The highest BCUT2D eigenvalue weighted by molar-refractivity contribution is 6.24. The summed E-state index contributed by atoms with van der Waals surface area (Å²) in [6.45, 7) is 7.39. The van der Waals surface area contributed by atoms with Crippen molar-refractivity contribution in [2.24, 2.45) is 23.5 Å². The number of ether oxygens (including phenoxy) is 1. The molecular formula is C33H42N2O9. The van der Waals surface area contributed by atoms with Crippen LogP contribution in [0.25, 0.3) is 5.76 Å². The number of rotatable bonds is 4. The number of aromatic hydroxyl groups is 1. The minimum absolute atomic E-state index is 0.00132. The number of Topliss-reactive ketones (excluding diaryl/α,β-unsaturated/α-hetero) is 2. The second-order valence-electron chi connectivity index (χ2n) is 14.0. The lowest BCUT2D eigenvalue weighted by Gasteiger charge is -2.54. The van der Waals surface area contributed by atoms with Crippen LogP contribution in [0, 0.1) is 17.8 Å². The Morgan fingerprint density at radius 1 is 1.05 bits per heavy atom. The third kappa shape index (κ3) is 4.46. The predicted molar refractivity (Wildman–Crippen MR) is 159 cm³/mol. The smallest absolute Gasteiger partial charge is 0.309 e. The third-order valence-corrected chi connectivity index (χ3v) is 10.1. The zero-order chi connectivity index (χ0) is 32.6. The standard InChI is InChI=1S/C33H42N2O9/c1-14-16-12-13-17(32(2,3)4)24(36)19(16)25(37)20-18(14)27(44-31(42)15-10-8-7-9-11-15)22-23(35(5)6)26(38)21(30(34)41)29(40)33(22,43)28(20)39/h12-15,18,22-23,27,36-37,40,43H,7-11H2,1-6H3,(H2,34,41)/t14-,18+,22+,23-,27-,33-/m0/s1. The minimum Gasteiger partial charge on any atom is -0.508 e. The lowest BCUT2D eigenvalue weighted by molar-refractivity contribution is -0.188. The van der Waals surface area contributed by atoms with Crippen molar-refractivity contribution in [2.45, 2.75) is 88.9 Å². The van der Waals surface area contributed by atoms with Gasteiger partial charge in [-0.25, -0.2) is 0 Å². The maximum absolute atomic E-state index is 14.5. The first-order valence-corrected chi connectivity index (χ1v) is 15.2. The molecule has 6 N–H and O–H groups in total. The molecule has 0 aliphatic heterocycles. The zero-order valence-electron chi connectivity index (χ0n) is 26.0. The highest BCUT2D eigenvalue weighted by Crippen LogP contribution is 2.57. The molecule has 1 aromatic rings. The summed E-state index contributed by atoms with van der Waals surface area (Å²) in [6, 6.07) is 2.09. The summed E-state index contributed by atoms with van der Waals surface area (Å²) in [5.41, 5.74) is 1.66. The average Bonchev–Trinajstić information content (AvgIpc) is 2.94. The minimum atomic E-state index is -2.96. The summed E-state index contributed by atoms with van der Waals surface area (Å²) in [5, 5.41) is 46.8. The van der Waals surface area contributed by atoms with Crippen LogP contribution < -0.4 is 5.73 Å². The van der Waals surface area contributed by atoms with Gasteiger partial charge in [-0.2, -0.15) is 0 Å². The van der Waals surface area contributed by atoms with Crippen LogP contribution >= 0.6 is 0 Å². The highest BCUT2D eigenvalue weighted by atomic mass is 16.5. The Morgan fingerprint density at radius 3 is 2.20 bits per heavy atom. The fourth-order valence-electron chi connectivity index (χ4n) is 7.90. The van der Waals surface area contributed by atoms with Crippen LogP contribution in [-0.2, 0) is 29.3 Å². The first-order valence-electron chi connectivity index (χ1n) is 15.2. The fourth-order valence-corrected chi connectivity index (χ4v) is 7.90. The van der Waals surface area contributed by atoms with Gasteiger partial charge in [0, 0.05) is 17.1 Å². The van der Waals surface area contributed by atoms with Crippen molar-refractivity contribution >= 4 is 29.2 Å². The van der Waals surface area contributed by atoms with Crippen LogP contribution in [0.15, 0.2) is 29.0 Å². The van der Waals surface area contributed by atoms with E-state index in [0.29, 0.717) is 24.0 Å². The van der Waals surface area contributed by atoms with Gasteiger partial charge in [0.1, 0.15) is 28.9 Å². The molecule has 4 aliphatic rings. The molecule has 1 amide bonds. The van der Waals surface area contributed by atoms with Crippen molar-refractivity contribution < 1.29 is 44.3 Å². The Balaban J connectivity index is 1.81. The van der Waals surface area contributed by atoms with E-state index in [0.717, 1.165) is 19.3 Å². The van der Waals surface area contributed by atoms with Gasteiger partial charge in [0.2, 0.25) is 5.78 Å². The Bertz CT molecular complexity index is 1510. The number of phenols is 1. The van der Waals surface area contributed by atoms with E-state index in [4.69, 9.17) is 10.5 Å². The second-order valence-corrected chi connectivity index (χ2v) is 14.0. The van der Waals surface area contributed by atoms with Gasteiger partial charge in [-0.05, 0) is 43.8 Å². The molecule has 11 nitrogen and oxygen atoms in total. The molecule has 238 valence electrons. The van der Waals surface area contributed by atoms with Crippen molar-refractivity contribution in [1.29, 1.82) is 0 Å². The third-order valence-electron chi connectivity index (χ3n) is 10.1. The van der Waals surface area contributed by atoms with Crippen LogP contribution in [-0.4, -0.2) is 80.6 Å². The number of benzene rings is 1. The average molecular weight is 611 g/mol. The highest BCUT2D eigenvalue weighted by Gasteiger charge is 2.69. The van der Waals surface area contributed by atoms with Crippen LogP contribution in [0.2, 0.25) is 0 Å². The summed E-state index contributed by atoms with van der Waals surface area (Å²) >= 11 is 0. The van der Waals surface area contributed by atoms with E-state index in [1.165, 1.54) is 19.0 Å². The number of fused-ring (bicyclic) bond motifs is 3. The molecular weight excluding hydrogens is 568 g/mol. The summed E-state index contributed by atoms with van der Waals surface area (Å²) in [7, 11) is 3.01. The SMILES string of the molecule is C[C@H]1c2ccc(C(C)(C)C)c(O)c2C(O)=C2C(=O)[C@]3(O)C(O)=C(C(N)=O)C(=O)[C@@H](N(C)C)[C@@H]3[C@@H](OC(=O)C3CCCCC3)[C@@H]21. The number of primary amides is 1. The Morgan fingerprint density at radius 2 is 1.66 bits per heavy atom. The number of carbonyl (C=O) groups is 4. The number of ketones is 2. The maximum atomic E-state index is 14.5. The molecule has 6 atom stereocenters. The molecule has 0 saturated heterocycles. The fraction of sp³-hybridized carbons (Fsp3) is 0.576. The van der Waals surface area contributed by atoms with E-state index in [2.05, 4.69) is 0 Å². The van der Waals surface area contributed by atoms with Gasteiger partial charge < -0.3 is 30.9 Å². The largest absolute Gasteiger partial charge is 0.508 e. The molecule has 1 aromatic carbocycles. The van der Waals surface area contributed by atoms with Gasteiger partial charge in [-0.1, -0.05) is 59.1 Å². The number of hydrogen-bond donors (Lipinski definition) is 5. The van der Waals surface area contributed by atoms with Gasteiger partial charge in [0.25, 0.3) is 5.91 Å². The first kappa shape index (κ1) is 31.7. The van der Waals surface area contributed by atoms with Crippen LogP contribution in [0.3, 0.4) is 0 Å². The Labute approximate surface area is 256 Å². The van der Waals surface area contributed by atoms with Crippen molar-refractivity contribution in [1.82, 2.24) is 4.90 Å². The summed E-state index contributed by atoms with van der Waals surface area (Å²) < 4.78 is 6.21. The maximum Gasteiger partial charge on any atom is 0.309 e. The van der Waals surface area contributed by atoms with Crippen LogP contribution in [0.4, 0.5) is 0 Å². The van der Waals surface area contributed by atoms with Crippen molar-refractivity contribution in [3.8, 4) is 5.75 Å². The molecule has 0 aromatic heterocycles. The van der Waals surface area contributed by atoms with E-state index in [1.54, 1.807) is 19.1 Å². The van der Waals surface area contributed by atoms with Gasteiger partial charge in [0.15, 0.2) is 11.4 Å². The number of esters is 1. The molecule has 0 bridgehead atoms. The molecule has 4 aliphatic carbocycles. The normalized spacial score (nSPS) is 31.0. The number of nitrogens with zero attached hydrogens (tertiary/aromatic N) is 1. The Hall–Kier alpha value is -3.70. The topological polar surface area (TPSA) is 188 Å². The number of nitrogens with two attached hydrogens (primary N) is 1. The van der Waals surface area contributed by atoms with E-state index >= 15 is 0 Å². The molecule has 11 heteroatoms.